The summed E-state index contributed by atoms with van der Waals surface area (Å²) in [6.07, 6.45) is 2.18. The van der Waals surface area contributed by atoms with Crippen molar-refractivity contribution in [3.05, 3.63) is 35.4 Å². The summed E-state index contributed by atoms with van der Waals surface area (Å²) in [7, 11) is 4.33. The molecule has 1 N–H and O–H groups in total. The quantitative estimate of drug-likeness (QED) is 0.808. The van der Waals surface area contributed by atoms with Crippen LogP contribution in [0, 0.1) is 13.5 Å². The van der Waals surface area contributed by atoms with Gasteiger partial charge in [0, 0.05) is 5.69 Å². The predicted octanol–water partition coefficient (Wildman–Crippen LogP) is 4.40. The van der Waals surface area contributed by atoms with E-state index in [4.69, 9.17) is 0 Å². The molecule has 0 amide bonds. The van der Waals surface area contributed by atoms with Crippen LogP contribution in [0.15, 0.2) is 12.1 Å². The summed E-state index contributed by atoms with van der Waals surface area (Å²) < 4.78 is 0. The van der Waals surface area contributed by atoms with Gasteiger partial charge in [-0.15, -0.1) is 0 Å². The van der Waals surface area contributed by atoms with Crippen LogP contribution in [-0.2, 0) is 27.7 Å². The molecule has 1 rings (SSSR count). The molecule has 0 aliphatic heterocycles. The van der Waals surface area contributed by atoms with Gasteiger partial charge in [-0.2, -0.15) is 6.92 Å². The van der Waals surface area contributed by atoms with E-state index >= 15 is 0 Å². The Hall–Kier alpha value is -0.184. The van der Waals surface area contributed by atoms with Crippen molar-refractivity contribution in [2.45, 2.75) is 40.5 Å². The molecular formula is C13H20ClCoN. The minimum absolute atomic E-state index is 1.09. The molecular weight excluding hydrogens is 265 g/mol. The van der Waals surface area contributed by atoms with Crippen molar-refractivity contribution in [1.82, 2.24) is 0 Å². The van der Waals surface area contributed by atoms with E-state index in [2.05, 4.69) is 63.2 Å². The van der Waals surface area contributed by atoms with Gasteiger partial charge in [-0.05, 0) is 30.9 Å². The first-order valence-corrected chi connectivity index (χ1v) is 6.95. The monoisotopic (exact) mass is 284 g/mol. The van der Waals surface area contributed by atoms with E-state index < -0.39 is 0 Å². The minimum atomic E-state index is 1.09. The van der Waals surface area contributed by atoms with Crippen LogP contribution in [0.1, 0.15) is 37.5 Å². The zero-order valence-corrected chi connectivity index (χ0v) is 12.2. The average Bonchev–Trinajstić information content (AvgIpc) is 2.33. The van der Waals surface area contributed by atoms with Crippen LogP contribution in [0.25, 0.3) is 0 Å². The van der Waals surface area contributed by atoms with Gasteiger partial charge in [0.1, 0.15) is 0 Å². The molecule has 0 aliphatic rings. The van der Waals surface area contributed by atoms with E-state index in [1.807, 2.05) is 13.5 Å². The molecule has 1 aromatic rings. The van der Waals surface area contributed by atoms with Gasteiger partial charge in [-0.25, -0.2) is 6.54 Å². The molecule has 0 aliphatic carbocycles. The van der Waals surface area contributed by atoms with Gasteiger partial charge in [-0.3, -0.25) is 0 Å². The van der Waals surface area contributed by atoms with Crippen LogP contribution in [-0.4, -0.2) is 0 Å². The van der Waals surface area contributed by atoms with E-state index in [1.54, 1.807) is 0 Å². The van der Waals surface area contributed by atoms with Gasteiger partial charge in [0.05, 0.1) is 0 Å². The van der Waals surface area contributed by atoms with Crippen molar-refractivity contribution in [3.63, 3.8) is 0 Å². The van der Waals surface area contributed by atoms with Gasteiger partial charge < -0.3 is 5.32 Å². The fourth-order valence-corrected chi connectivity index (χ4v) is 1.83. The van der Waals surface area contributed by atoms with Crippen molar-refractivity contribution < 1.29 is 14.8 Å². The van der Waals surface area contributed by atoms with Crippen LogP contribution >= 0.6 is 10.1 Å². The van der Waals surface area contributed by atoms with Gasteiger partial charge in [0.15, 0.2) is 0 Å². The second-order valence-corrected chi connectivity index (χ2v) is 3.60. The summed E-state index contributed by atoms with van der Waals surface area (Å²) >= 11 is 3.03. The zero-order chi connectivity index (χ0) is 12.6. The molecule has 0 spiro atoms. The summed E-state index contributed by atoms with van der Waals surface area (Å²) in [4.78, 5) is 0. The van der Waals surface area contributed by atoms with E-state index in [1.165, 1.54) is 22.4 Å². The van der Waals surface area contributed by atoms with E-state index in [0.29, 0.717) is 0 Å². The standard InChI is InChI=1S/C13H20N.ClH.Co/c1-5-11-8-10(4)9-12(6-2)13(11)14-7-3;;/h7-9,14H,5-6H2,1-4H3;1H;/q-1;;+2/p-1. The summed E-state index contributed by atoms with van der Waals surface area (Å²) in [5.74, 6) is 0. The van der Waals surface area contributed by atoms with Crippen molar-refractivity contribution in [1.29, 1.82) is 0 Å². The van der Waals surface area contributed by atoms with Gasteiger partial charge >= 0.3 is 25.0 Å². The Morgan fingerprint density at radius 3 is 1.94 bits per heavy atom. The Morgan fingerprint density at radius 2 is 1.62 bits per heavy atom. The van der Waals surface area contributed by atoms with E-state index in [9.17, 15) is 0 Å². The SMILES string of the molecule is C[CH-]Nc1c(CC)cc(C)cc1CC.[Cl][Co+]. The number of nitrogens with one attached hydrogen (secondary N) is 1. The van der Waals surface area contributed by atoms with Crippen LogP contribution in [0.3, 0.4) is 0 Å². The molecule has 1 nitrogen and oxygen atoms in total. The number of halogens is 1. The van der Waals surface area contributed by atoms with Crippen LogP contribution < -0.4 is 5.32 Å². The molecule has 0 saturated heterocycles. The molecule has 0 heterocycles. The predicted molar refractivity (Wildman–Crippen MR) is 69.4 cm³/mol. The van der Waals surface area contributed by atoms with Crippen molar-refractivity contribution in [2.75, 3.05) is 5.32 Å². The summed E-state index contributed by atoms with van der Waals surface area (Å²) in [6.45, 7) is 10.6. The molecule has 3 heteroatoms. The fraction of sp³-hybridized carbons (Fsp3) is 0.462. The summed E-state index contributed by atoms with van der Waals surface area (Å²) in [5.41, 5.74) is 5.50. The molecule has 0 aromatic heterocycles. The van der Waals surface area contributed by atoms with E-state index in [-0.39, 0.29) is 0 Å². The van der Waals surface area contributed by atoms with Crippen LogP contribution in [0.4, 0.5) is 5.69 Å². The Kier molecular flexibility index (Phi) is 8.81. The Labute approximate surface area is 112 Å². The van der Waals surface area contributed by atoms with Gasteiger partial charge in [0.2, 0.25) is 0 Å². The third-order valence-electron chi connectivity index (χ3n) is 2.50. The maximum atomic E-state index is 4.33. The second-order valence-electron chi connectivity index (χ2n) is 3.60. The molecule has 0 bridgehead atoms. The Balaban J connectivity index is 0.00000106. The van der Waals surface area contributed by atoms with Crippen molar-refractivity contribution in [3.8, 4) is 0 Å². The number of benzene rings is 1. The number of hydrogen-bond donors (Lipinski definition) is 1. The summed E-state index contributed by atoms with van der Waals surface area (Å²) in [6, 6.07) is 4.54. The maximum absolute atomic E-state index is 4.33. The normalized spacial score (nSPS) is 9.38. The first-order valence-electron chi connectivity index (χ1n) is 5.52. The zero-order valence-electron chi connectivity index (χ0n) is 10.4. The second kappa shape index (κ2) is 8.91. The van der Waals surface area contributed by atoms with Gasteiger partial charge in [-0.1, -0.05) is 31.5 Å². The van der Waals surface area contributed by atoms with Crippen LogP contribution in [0.2, 0.25) is 0 Å². The molecule has 1 aromatic carbocycles. The number of hydrogen-bond acceptors (Lipinski definition) is 1. The molecule has 16 heavy (non-hydrogen) atoms. The fourth-order valence-electron chi connectivity index (χ4n) is 1.83. The summed E-state index contributed by atoms with van der Waals surface area (Å²) in [5, 5.41) is 3.35. The molecule has 0 unspecified atom stereocenters. The molecule has 0 saturated carbocycles. The van der Waals surface area contributed by atoms with Crippen molar-refractivity contribution >= 4 is 15.8 Å². The van der Waals surface area contributed by atoms with E-state index in [0.717, 1.165) is 12.8 Å². The molecule has 0 radical (unpaired) electrons. The van der Waals surface area contributed by atoms with Crippen molar-refractivity contribution in [2.24, 2.45) is 0 Å². The molecule has 93 valence electrons. The van der Waals surface area contributed by atoms with Gasteiger partial charge in [0.25, 0.3) is 0 Å². The third-order valence-corrected chi connectivity index (χ3v) is 2.50. The Morgan fingerprint density at radius 1 is 1.19 bits per heavy atom. The first kappa shape index (κ1) is 15.8. The number of rotatable bonds is 4. The molecule has 0 atom stereocenters. The first-order chi connectivity index (χ1) is 7.72. The Bertz CT molecular complexity index is 288. The molecule has 0 fully saturated rings. The number of anilines is 1. The topological polar surface area (TPSA) is 12.0 Å². The number of aryl methyl sites for hydroxylation is 3. The van der Waals surface area contributed by atoms with Crippen LogP contribution in [0.5, 0.6) is 0 Å². The third kappa shape index (κ3) is 4.36. The average molecular weight is 285 g/mol.